The fourth-order valence-electron chi connectivity index (χ4n) is 3.78. The van der Waals surface area contributed by atoms with Gasteiger partial charge in [0.1, 0.15) is 0 Å². The van der Waals surface area contributed by atoms with E-state index >= 15 is 0 Å². The zero-order chi connectivity index (χ0) is 21.7. The van der Waals surface area contributed by atoms with Gasteiger partial charge in [-0.3, -0.25) is 9.59 Å². The van der Waals surface area contributed by atoms with Gasteiger partial charge in [-0.05, 0) is 41.7 Å². The van der Waals surface area contributed by atoms with Crippen molar-refractivity contribution in [2.75, 3.05) is 37.6 Å². The van der Waals surface area contributed by atoms with Crippen molar-refractivity contribution in [2.45, 2.75) is 39.5 Å². The first kappa shape index (κ1) is 21.9. The van der Waals surface area contributed by atoms with Gasteiger partial charge in [0.25, 0.3) is 5.91 Å². The number of piperazine rings is 1. The quantitative estimate of drug-likeness (QED) is 0.821. The molecule has 2 aromatic rings. The van der Waals surface area contributed by atoms with Crippen molar-refractivity contribution in [2.24, 2.45) is 0 Å². The molecular weight excluding hydrogens is 374 g/mol. The highest BCUT2D eigenvalue weighted by Crippen LogP contribution is 2.22. The number of hydrogen-bond donors (Lipinski definition) is 1. The number of carbonyl (C=O) groups is 2. The number of amides is 2. The van der Waals surface area contributed by atoms with E-state index in [1.807, 2.05) is 35.2 Å². The summed E-state index contributed by atoms with van der Waals surface area (Å²) >= 11 is 0. The lowest BCUT2D eigenvalue weighted by Gasteiger charge is -2.36. The van der Waals surface area contributed by atoms with Crippen molar-refractivity contribution in [3.05, 3.63) is 65.2 Å². The van der Waals surface area contributed by atoms with Crippen molar-refractivity contribution in [3.8, 4) is 0 Å². The van der Waals surface area contributed by atoms with Gasteiger partial charge in [-0.1, -0.05) is 51.1 Å². The molecule has 1 N–H and O–H groups in total. The maximum atomic E-state index is 12.5. The summed E-state index contributed by atoms with van der Waals surface area (Å²) < 4.78 is 0. The highest BCUT2D eigenvalue weighted by Gasteiger charge is 2.22. The lowest BCUT2D eigenvalue weighted by Crippen LogP contribution is -2.49. The zero-order valence-corrected chi connectivity index (χ0v) is 18.6. The SMILES string of the molecule is Cc1ccccc1N1CCN(C(=O)CCNC(=O)c2ccc(C(C)(C)C)cc2)CC1. The number of benzene rings is 2. The summed E-state index contributed by atoms with van der Waals surface area (Å²) in [6.07, 6.45) is 0.330. The maximum absolute atomic E-state index is 12.5. The standard InChI is InChI=1S/C25H33N3O2/c1-19-7-5-6-8-22(19)27-15-17-28(18-16-27)23(29)13-14-26-24(30)20-9-11-21(12-10-20)25(2,3)4/h5-12H,13-18H2,1-4H3,(H,26,30). The van der Waals surface area contributed by atoms with E-state index in [4.69, 9.17) is 0 Å². The monoisotopic (exact) mass is 407 g/mol. The van der Waals surface area contributed by atoms with Crippen LogP contribution in [0.4, 0.5) is 5.69 Å². The van der Waals surface area contributed by atoms with E-state index < -0.39 is 0 Å². The molecule has 0 atom stereocenters. The molecule has 1 aliphatic heterocycles. The molecule has 2 aromatic carbocycles. The predicted molar refractivity (Wildman–Crippen MR) is 122 cm³/mol. The van der Waals surface area contributed by atoms with Gasteiger partial charge < -0.3 is 15.1 Å². The average Bonchev–Trinajstić information content (AvgIpc) is 2.73. The number of para-hydroxylation sites is 1. The molecule has 2 amide bonds. The van der Waals surface area contributed by atoms with Crippen LogP contribution in [0.5, 0.6) is 0 Å². The van der Waals surface area contributed by atoms with E-state index in [-0.39, 0.29) is 17.2 Å². The second-order valence-corrected chi connectivity index (χ2v) is 8.99. The van der Waals surface area contributed by atoms with E-state index in [0.717, 1.165) is 26.2 Å². The summed E-state index contributed by atoms with van der Waals surface area (Å²) in [7, 11) is 0. The molecule has 1 saturated heterocycles. The topological polar surface area (TPSA) is 52.6 Å². The Hall–Kier alpha value is -2.82. The molecule has 0 spiro atoms. The van der Waals surface area contributed by atoms with Crippen LogP contribution in [0, 0.1) is 6.92 Å². The summed E-state index contributed by atoms with van der Waals surface area (Å²) in [6, 6.07) is 16.0. The van der Waals surface area contributed by atoms with Crippen LogP contribution in [0.15, 0.2) is 48.5 Å². The first-order valence-electron chi connectivity index (χ1n) is 10.7. The molecule has 160 valence electrons. The minimum absolute atomic E-state index is 0.0602. The molecule has 1 heterocycles. The van der Waals surface area contributed by atoms with Gasteiger partial charge in [0, 0.05) is 50.4 Å². The second kappa shape index (κ2) is 9.33. The van der Waals surface area contributed by atoms with Crippen LogP contribution < -0.4 is 10.2 Å². The highest BCUT2D eigenvalue weighted by atomic mass is 16.2. The first-order chi connectivity index (χ1) is 14.3. The Balaban J connectivity index is 1.43. The van der Waals surface area contributed by atoms with Crippen LogP contribution in [0.2, 0.25) is 0 Å². The van der Waals surface area contributed by atoms with Gasteiger partial charge in [-0.2, -0.15) is 0 Å². The van der Waals surface area contributed by atoms with Crippen LogP contribution >= 0.6 is 0 Å². The Morgan fingerprint density at radius 3 is 2.17 bits per heavy atom. The normalized spacial score (nSPS) is 14.5. The molecule has 0 unspecified atom stereocenters. The summed E-state index contributed by atoms with van der Waals surface area (Å²) in [6.45, 7) is 12.0. The highest BCUT2D eigenvalue weighted by molar-refractivity contribution is 5.94. The minimum atomic E-state index is -0.132. The molecular formula is C25H33N3O2. The van der Waals surface area contributed by atoms with Crippen molar-refractivity contribution < 1.29 is 9.59 Å². The van der Waals surface area contributed by atoms with Gasteiger partial charge >= 0.3 is 0 Å². The molecule has 0 radical (unpaired) electrons. The van der Waals surface area contributed by atoms with Crippen LogP contribution in [0.3, 0.4) is 0 Å². The lowest BCUT2D eigenvalue weighted by atomic mass is 9.87. The Morgan fingerprint density at radius 2 is 1.57 bits per heavy atom. The summed E-state index contributed by atoms with van der Waals surface area (Å²) in [5.41, 5.74) is 4.39. The molecule has 30 heavy (non-hydrogen) atoms. The number of nitrogens with zero attached hydrogens (tertiary/aromatic N) is 2. The molecule has 0 aliphatic carbocycles. The molecule has 0 saturated carbocycles. The molecule has 5 heteroatoms. The van der Waals surface area contributed by atoms with Gasteiger partial charge in [0.05, 0.1) is 0 Å². The van der Waals surface area contributed by atoms with Crippen LogP contribution in [-0.4, -0.2) is 49.4 Å². The fourth-order valence-corrected chi connectivity index (χ4v) is 3.78. The third-order valence-corrected chi connectivity index (χ3v) is 5.73. The third-order valence-electron chi connectivity index (χ3n) is 5.73. The van der Waals surface area contributed by atoms with Crippen molar-refractivity contribution >= 4 is 17.5 Å². The number of carbonyl (C=O) groups excluding carboxylic acids is 2. The Labute approximate surface area is 180 Å². The Bertz CT molecular complexity index is 876. The lowest BCUT2D eigenvalue weighted by molar-refractivity contribution is -0.131. The summed E-state index contributed by atoms with van der Waals surface area (Å²) in [5, 5.41) is 2.87. The fraction of sp³-hybridized carbons (Fsp3) is 0.440. The molecule has 5 nitrogen and oxygen atoms in total. The minimum Gasteiger partial charge on any atom is -0.368 e. The van der Waals surface area contributed by atoms with Crippen LogP contribution in [0.25, 0.3) is 0 Å². The van der Waals surface area contributed by atoms with Gasteiger partial charge in [0.15, 0.2) is 0 Å². The Kier molecular flexibility index (Phi) is 6.80. The number of anilines is 1. The number of hydrogen-bond acceptors (Lipinski definition) is 3. The maximum Gasteiger partial charge on any atom is 0.251 e. The van der Waals surface area contributed by atoms with E-state index in [2.05, 4.69) is 56.1 Å². The van der Waals surface area contributed by atoms with E-state index in [1.54, 1.807) is 0 Å². The number of nitrogens with one attached hydrogen (secondary N) is 1. The number of aryl methyl sites for hydroxylation is 1. The largest absolute Gasteiger partial charge is 0.368 e. The number of rotatable bonds is 5. The van der Waals surface area contributed by atoms with Crippen LogP contribution in [-0.2, 0) is 10.2 Å². The van der Waals surface area contributed by atoms with Crippen molar-refractivity contribution in [3.63, 3.8) is 0 Å². The van der Waals surface area contributed by atoms with E-state index in [0.29, 0.717) is 18.5 Å². The second-order valence-electron chi connectivity index (χ2n) is 8.99. The molecule has 1 aliphatic rings. The van der Waals surface area contributed by atoms with Gasteiger partial charge in [-0.15, -0.1) is 0 Å². The van der Waals surface area contributed by atoms with Crippen molar-refractivity contribution in [1.82, 2.24) is 10.2 Å². The third kappa shape index (κ3) is 5.41. The van der Waals surface area contributed by atoms with Crippen molar-refractivity contribution in [1.29, 1.82) is 0 Å². The summed E-state index contributed by atoms with van der Waals surface area (Å²) in [5.74, 6) is -0.0320. The predicted octanol–water partition coefficient (Wildman–Crippen LogP) is 3.76. The molecule has 3 rings (SSSR count). The smallest absolute Gasteiger partial charge is 0.251 e. The van der Waals surface area contributed by atoms with E-state index in [1.165, 1.54) is 16.8 Å². The van der Waals surface area contributed by atoms with Gasteiger partial charge in [0.2, 0.25) is 5.91 Å². The van der Waals surface area contributed by atoms with E-state index in [9.17, 15) is 9.59 Å². The van der Waals surface area contributed by atoms with Crippen LogP contribution in [0.1, 0.15) is 48.7 Å². The molecule has 1 fully saturated rings. The van der Waals surface area contributed by atoms with Gasteiger partial charge in [-0.25, -0.2) is 0 Å². The Morgan fingerprint density at radius 1 is 0.933 bits per heavy atom. The zero-order valence-electron chi connectivity index (χ0n) is 18.6. The molecule has 0 bridgehead atoms. The first-order valence-corrected chi connectivity index (χ1v) is 10.7. The average molecular weight is 408 g/mol. The summed E-state index contributed by atoms with van der Waals surface area (Å²) in [4.78, 5) is 29.1. The molecule has 0 aromatic heterocycles.